The van der Waals surface area contributed by atoms with Crippen molar-refractivity contribution in [2.45, 2.75) is 46.6 Å². The van der Waals surface area contributed by atoms with Gasteiger partial charge in [0.25, 0.3) is 0 Å². The summed E-state index contributed by atoms with van der Waals surface area (Å²) in [5.41, 5.74) is 0.654. The van der Waals surface area contributed by atoms with E-state index in [1.54, 1.807) is 26.0 Å². The van der Waals surface area contributed by atoms with E-state index in [0.717, 1.165) is 6.42 Å². The summed E-state index contributed by atoms with van der Waals surface area (Å²) in [6, 6.07) is 7.50. The zero-order chi connectivity index (χ0) is 14.6. The Labute approximate surface area is 115 Å². The molecule has 0 atom stereocenters. The first-order valence-electron chi connectivity index (χ1n) is 6.55. The highest BCUT2D eigenvalue weighted by Gasteiger charge is 2.31. The summed E-state index contributed by atoms with van der Waals surface area (Å²) in [7, 11) is 0. The standard InChI is InChI=1S/C16H22O3/c1-11(2)10-13-6-8-14(9-7-13)15(18)16(4,5)19-12(3)17/h6-9,11H,10H2,1-5H3. The van der Waals surface area contributed by atoms with Gasteiger partial charge in [0.15, 0.2) is 5.60 Å². The Morgan fingerprint density at radius 1 is 1.16 bits per heavy atom. The van der Waals surface area contributed by atoms with Crippen molar-refractivity contribution in [2.24, 2.45) is 5.92 Å². The lowest BCUT2D eigenvalue weighted by atomic mass is 9.94. The van der Waals surface area contributed by atoms with E-state index in [1.165, 1.54) is 12.5 Å². The quantitative estimate of drug-likeness (QED) is 0.603. The van der Waals surface area contributed by atoms with Crippen LogP contribution in [-0.2, 0) is 16.0 Å². The minimum Gasteiger partial charge on any atom is -0.451 e. The van der Waals surface area contributed by atoms with Crippen LogP contribution in [0, 0.1) is 5.92 Å². The Hall–Kier alpha value is -1.64. The van der Waals surface area contributed by atoms with E-state index in [9.17, 15) is 9.59 Å². The van der Waals surface area contributed by atoms with Crippen molar-refractivity contribution in [3.8, 4) is 0 Å². The Morgan fingerprint density at radius 2 is 1.68 bits per heavy atom. The average molecular weight is 262 g/mol. The second-order valence-electron chi connectivity index (χ2n) is 5.73. The van der Waals surface area contributed by atoms with Gasteiger partial charge in [-0.2, -0.15) is 0 Å². The summed E-state index contributed by atoms with van der Waals surface area (Å²) in [5.74, 6) is -0.0485. The molecule has 1 rings (SSSR count). The van der Waals surface area contributed by atoms with Gasteiger partial charge in [0.2, 0.25) is 5.78 Å². The Kier molecular flexibility index (Phi) is 4.87. The monoisotopic (exact) mass is 262 g/mol. The lowest BCUT2D eigenvalue weighted by Gasteiger charge is -2.22. The van der Waals surface area contributed by atoms with Gasteiger partial charge < -0.3 is 4.74 Å². The fraction of sp³-hybridized carbons (Fsp3) is 0.500. The highest BCUT2D eigenvalue weighted by molar-refractivity contribution is 6.02. The molecule has 3 nitrogen and oxygen atoms in total. The van der Waals surface area contributed by atoms with Gasteiger partial charge >= 0.3 is 5.97 Å². The molecule has 0 radical (unpaired) electrons. The van der Waals surface area contributed by atoms with E-state index in [1.807, 2.05) is 12.1 Å². The maximum Gasteiger partial charge on any atom is 0.303 e. The highest BCUT2D eigenvalue weighted by atomic mass is 16.6. The SMILES string of the molecule is CC(=O)OC(C)(C)C(=O)c1ccc(CC(C)C)cc1. The van der Waals surface area contributed by atoms with E-state index < -0.39 is 11.6 Å². The summed E-state index contributed by atoms with van der Waals surface area (Å²) < 4.78 is 5.06. The third kappa shape index (κ3) is 4.51. The van der Waals surface area contributed by atoms with Crippen LogP contribution in [-0.4, -0.2) is 17.4 Å². The molecule has 3 heteroatoms. The van der Waals surface area contributed by atoms with Crippen LogP contribution < -0.4 is 0 Å². The number of ether oxygens (including phenoxy) is 1. The topological polar surface area (TPSA) is 43.4 Å². The van der Waals surface area contributed by atoms with Crippen LogP contribution in [0.5, 0.6) is 0 Å². The molecule has 19 heavy (non-hydrogen) atoms. The predicted octanol–water partition coefficient (Wildman–Crippen LogP) is 3.41. The number of benzene rings is 1. The number of ketones is 1. The van der Waals surface area contributed by atoms with Gasteiger partial charge in [0.1, 0.15) is 0 Å². The van der Waals surface area contributed by atoms with E-state index in [4.69, 9.17) is 4.74 Å². The van der Waals surface area contributed by atoms with Crippen molar-refractivity contribution in [1.82, 2.24) is 0 Å². The molecule has 1 aromatic carbocycles. The first kappa shape index (κ1) is 15.4. The smallest absolute Gasteiger partial charge is 0.303 e. The summed E-state index contributed by atoms with van der Waals surface area (Å²) in [5, 5.41) is 0. The highest BCUT2D eigenvalue weighted by Crippen LogP contribution is 2.19. The fourth-order valence-corrected chi connectivity index (χ4v) is 2.02. The van der Waals surface area contributed by atoms with Crippen LogP contribution in [0.2, 0.25) is 0 Å². The van der Waals surface area contributed by atoms with Gasteiger partial charge in [-0.05, 0) is 31.7 Å². The van der Waals surface area contributed by atoms with Gasteiger partial charge in [-0.1, -0.05) is 38.1 Å². The summed E-state index contributed by atoms with van der Waals surface area (Å²) in [4.78, 5) is 23.3. The largest absolute Gasteiger partial charge is 0.451 e. The number of Topliss-reactive ketones (excluding diaryl/α,β-unsaturated/α-hetero) is 1. The maximum atomic E-state index is 12.3. The molecule has 1 aromatic rings. The van der Waals surface area contributed by atoms with Crippen molar-refractivity contribution >= 4 is 11.8 Å². The predicted molar refractivity (Wildman–Crippen MR) is 75.2 cm³/mol. The maximum absolute atomic E-state index is 12.3. The second kappa shape index (κ2) is 6.00. The van der Waals surface area contributed by atoms with E-state index in [2.05, 4.69) is 13.8 Å². The number of rotatable bonds is 5. The average Bonchev–Trinajstić information content (AvgIpc) is 2.26. The van der Waals surface area contributed by atoms with Crippen molar-refractivity contribution in [2.75, 3.05) is 0 Å². The van der Waals surface area contributed by atoms with Gasteiger partial charge in [0.05, 0.1) is 0 Å². The van der Waals surface area contributed by atoms with Crippen molar-refractivity contribution in [3.63, 3.8) is 0 Å². The number of esters is 1. The molecule has 0 aliphatic carbocycles. The van der Waals surface area contributed by atoms with Gasteiger partial charge in [-0.15, -0.1) is 0 Å². The van der Waals surface area contributed by atoms with E-state index in [-0.39, 0.29) is 5.78 Å². The van der Waals surface area contributed by atoms with Crippen molar-refractivity contribution in [3.05, 3.63) is 35.4 Å². The summed E-state index contributed by atoms with van der Waals surface area (Å²) in [6.07, 6.45) is 0.988. The molecule has 0 fully saturated rings. The molecule has 0 unspecified atom stereocenters. The van der Waals surface area contributed by atoms with Crippen molar-refractivity contribution in [1.29, 1.82) is 0 Å². The number of hydrogen-bond acceptors (Lipinski definition) is 3. The Balaban J connectivity index is 2.86. The molecular formula is C16H22O3. The normalized spacial score (nSPS) is 11.5. The molecule has 0 aliphatic rings. The van der Waals surface area contributed by atoms with E-state index >= 15 is 0 Å². The lowest BCUT2D eigenvalue weighted by Crippen LogP contribution is -2.36. The molecule has 0 spiro atoms. The van der Waals surface area contributed by atoms with Crippen LogP contribution in [0.15, 0.2) is 24.3 Å². The first-order valence-corrected chi connectivity index (χ1v) is 6.55. The van der Waals surface area contributed by atoms with Crippen LogP contribution in [0.3, 0.4) is 0 Å². The second-order valence-corrected chi connectivity index (χ2v) is 5.73. The Bertz CT molecular complexity index is 455. The number of carbonyl (C=O) groups excluding carboxylic acids is 2. The van der Waals surface area contributed by atoms with Crippen LogP contribution >= 0.6 is 0 Å². The first-order chi connectivity index (χ1) is 8.72. The zero-order valence-electron chi connectivity index (χ0n) is 12.3. The molecule has 0 saturated carbocycles. The van der Waals surface area contributed by atoms with Crippen LogP contribution in [0.1, 0.15) is 50.5 Å². The molecule has 0 N–H and O–H groups in total. The van der Waals surface area contributed by atoms with Crippen LogP contribution in [0.4, 0.5) is 0 Å². The Morgan fingerprint density at radius 3 is 2.11 bits per heavy atom. The molecule has 0 aliphatic heterocycles. The van der Waals surface area contributed by atoms with Gasteiger partial charge in [-0.3, -0.25) is 9.59 Å². The summed E-state index contributed by atoms with van der Waals surface area (Å²) in [6.45, 7) is 8.84. The molecule has 0 bridgehead atoms. The minimum absolute atomic E-state index is 0.182. The molecule has 0 heterocycles. The summed E-state index contributed by atoms with van der Waals surface area (Å²) >= 11 is 0. The molecule has 0 saturated heterocycles. The minimum atomic E-state index is -1.12. The van der Waals surface area contributed by atoms with Crippen molar-refractivity contribution < 1.29 is 14.3 Å². The number of carbonyl (C=O) groups is 2. The third-order valence-corrected chi connectivity index (χ3v) is 2.81. The zero-order valence-corrected chi connectivity index (χ0v) is 12.3. The molecule has 0 aromatic heterocycles. The fourth-order valence-electron chi connectivity index (χ4n) is 2.02. The lowest BCUT2D eigenvalue weighted by molar-refractivity contribution is -0.149. The molecule has 104 valence electrons. The number of hydrogen-bond donors (Lipinski definition) is 0. The van der Waals surface area contributed by atoms with Gasteiger partial charge in [-0.25, -0.2) is 0 Å². The van der Waals surface area contributed by atoms with Gasteiger partial charge in [0, 0.05) is 12.5 Å². The molecule has 0 amide bonds. The molecular weight excluding hydrogens is 240 g/mol. The van der Waals surface area contributed by atoms with Crippen LogP contribution in [0.25, 0.3) is 0 Å². The third-order valence-electron chi connectivity index (χ3n) is 2.81. The van der Waals surface area contributed by atoms with E-state index in [0.29, 0.717) is 11.5 Å².